The number of carbonyl (C=O) groups excluding carboxylic acids is 2. The average molecular weight is 640 g/mol. The third kappa shape index (κ3) is 7.71. The Kier molecular flexibility index (Phi) is 10.2. The van der Waals surface area contributed by atoms with Gasteiger partial charge in [0.05, 0.1) is 28.9 Å². The van der Waals surface area contributed by atoms with Crippen molar-refractivity contribution in [2.24, 2.45) is 5.10 Å². The van der Waals surface area contributed by atoms with Gasteiger partial charge in [-0.05, 0) is 98.9 Å². The maximum Gasteiger partial charge on any atom is 0.271 e. The predicted octanol–water partition coefficient (Wildman–Crippen LogP) is 6.05. The van der Waals surface area contributed by atoms with E-state index >= 15 is 0 Å². The third-order valence-electron chi connectivity index (χ3n) is 4.60. The van der Waals surface area contributed by atoms with Crippen LogP contribution in [0.4, 0.5) is 5.69 Å². The van der Waals surface area contributed by atoms with Crippen molar-refractivity contribution in [3.63, 3.8) is 0 Å². The minimum absolute atomic E-state index is 0.200. The zero-order valence-electron chi connectivity index (χ0n) is 19.3. The molecule has 2 N–H and O–H groups in total. The molecule has 0 heterocycles. The van der Waals surface area contributed by atoms with E-state index in [-0.39, 0.29) is 12.5 Å². The largest absolute Gasteiger partial charge is 0.493 e. The van der Waals surface area contributed by atoms with Gasteiger partial charge in [0.25, 0.3) is 11.8 Å². The maximum absolute atomic E-state index is 12.5. The lowest BCUT2D eigenvalue weighted by molar-refractivity contribution is -0.118. The van der Waals surface area contributed by atoms with Crippen molar-refractivity contribution in [1.82, 2.24) is 5.43 Å². The third-order valence-corrected chi connectivity index (χ3v) is 6.03. The molecule has 2 amide bonds. The number of amides is 2. The summed E-state index contributed by atoms with van der Waals surface area (Å²) >= 11 is 12.7. The second-order valence-electron chi connectivity index (χ2n) is 7.16. The molecule has 0 radical (unpaired) electrons. The zero-order chi connectivity index (χ0) is 26.1. The molecule has 0 fully saturated rings. The molecule has 36 heavy (non-hydrogen) atoms. The van der Waals surface area contributed by atoms with Crippen LogP contribution in [0, 0.1) is 0 Å². The zero-order valence-corrected chi connectivity index (χ0v) is 23.2. The van der Waals surface area contributed by atoms with Gasteiger partial charge in [0.2, 0.25) is 0 Å². The number of hydrogen-bond acceptors (Lipinski definition) is 6. The van der Waals surface area contributed by atoms with Gasteiger partial charge in [0, 0.05) is 16.3 Å². The highest BCUT2D eigenvalue weighted by Crippen LogP contribution is 2.34. The Morgan fingerprint density at radius 2 is 1.69 bits per heavy atom. The predicted molar refractivity (Wildman–Crippen MR) is 147 cm³/mol. The molecule has 0 saturated heterocycles. The molecule has 0 aliphatic heterocycles. The summed E-state index contributed by atoms with van der Waals surface area (Å²) in [4.78, 5) is 24.7. The summed E-state index contributed by atoms with van der Waals surface area (Å²) < 4.78 is 17.6. The van der Waals surface area contributed by atoms with Crippen molar-refractivity contribution in [3.05, 3.63) is 79.7 Å². The lowest BCUT2D eigenvalue weighted by Crippen LogP contribution is -2.20. The smallest absolute Gasteiger partial charge is 0.271 e. The fourth-order valence-electron chi connectivity index (χ4n) is 2.97. The first-order valence-corrected chi connectivity index (χ1v) is 12.6. The molecule has 0 aromatic heterocycles. The summed E-state index contributed by atoms with van der Waals surface area (Å²) in [5.41, 5.74) is 4.14. The lowest BCUT2D eigenvalue weighted by atomic mass is 10.2. The molecule has 3 rings (SSSR count). The van der Waals surface area contributed by atoms with Crippen LogP contribution in [0.2, 0.25) is 5.02 Å². The van der Waals surface area contributed by atoms with E-state index in [0.717, 1.165) is 0 Å². The van der Waals surface area contributed by atoms with Crippen LogP contribution in [0.1, 0.15) is 22.8 Å². The van der Waals surface area contributed by atoms with Gasteiger partial charge in [-0.1, -0.05) is 11.6 Å². The van der Waals surface area contributed by atoms with Crippen molar-refractivity contribution in [2.75, 3.05) is 25.6 Å². The number of hydrogen-bond donors (Lipinski definition) is 2. The summed E-state index contributed by atoms with van der Waals surface area (Å²) in [6.45, 7) is 2.15. The van der Waals surface area contributed by atoms with E-state index in [2.05, 4.69) is 47.7 Å². The van der Waals surface area contributed by atoms with Crippen molar-refractivity contribution in [2.45, 2.75) is 6.92 Å². The Labute approximate surface area is 230 Å². The summed E-state index contributed by atoms with van der Waals surface area (Å²) in [5, 5.41) is 7.33. The van der Waals surface area contributed by atoms with Gasteiger partial charge >= 0.3 is 0 Å². The van der Waals surface area contributed by atoms with E-state index in [9.17, 15) is 9.59 Å². The molecular formula is C25H22Br2ClN3O5. The second-order valence-corrected chi connectivity index (χ2v) is 9.30. The normalized spacial score (nSPS) is 10.7. The second kappa shape index (κ2) is 13.3. The Hall–Kier alpha value is -3.08. The molecule has 0 saturated carbocycles. The number of methoxy groups -OCH3 is 1. The first kappa shape index (κ1) is 27.5. The summed E-state index contributed by atoms with van der Waals surface area (Å²) in [6.07, 6.45) is 1.48. The fourth-order valence-corrected chi connectivity index (χ4v) is 4.55. The van der Waals surface area contributed by atoms with Crippen LogP contribution in [0.15, 0.2) is 68.6 Å². The standard InChI is InChI=1S/C25H22Br2ClN3O5/c1-3-35-21-9-4-16(12-22(21)34-2)25(33)31-29-13-15-10-19(26)24(20(27)11-15)36-14-23(32)30-18-7-5-17(28)6-8-18/h4-13H,3,14H2,1-2H3,(H,30,32)(H,31,33)/b29-13+. The van der Waals surface area contributed by atoms with Gasteiger partial charge in [-0.15, -0.1) is 0 Å². The van der Waals surface area contributed by atoms with E-state index in [1.165, 1.54) is 13.3 Å². The lowest BCUT2D eigenvalue weighted by Gasteiger charge is -2.12. The first-order valence-electron chi connectivity index (χ1n) is 10.6. The van der Waals surface area contributed by atoms with Crippen molar-refractivity contribution in [1.29, 1.82) is 0 Å². The molecule has 0 unspecified atom stereocenters. The van der Waals surface area contributed by atoms with Crippen LogP contribution >= 0.6 is 43.5 Å². The maximum atomic E-state index is 12.5. The van der Waals surface area contributed by atoms with Gasteiger partial charge < -0.3 is 19.5 Å². The monoisotopic (exact) mass is 637 g/mol. The molecule has 11 heteroatoms. The highest BCUT2D eigenvalue weighted by atomic mass is 79.9. The molecule has 0 bridgehead atoms. The highest BCUT2D eigenvalue weighted by molar-refractivity contribution is 9.11. The number of anilines is 1. The van der Waals surface area contributed by atoms with Crippen LogP contribution < -0.4 is 25.0 Å². The Morgan fingerprint density at radius 3 is 2.33 bits per heavy atom. The quantitative estimate of drug-likeness (QED) is 0.208. The SMILES string of the molecule is CCOc1ccc(C(=O)N/N=C/c2cc(Br)c(OCC(=O)Nc3ccc(Cl)cc3)c(Br)c2)cc1OC. The minimum Gasteiger partial charge on any atom is -0.493 e. The fraction of sp³-hybridized carbons (Fsp3) is 0.160. The van der Waals surface area contributed by atoms with Gasteiger partial charge in [-0.3, -0.25) is 9.59 Å². The minimum atomic E-state index is -0.405. The number of ether oxygens (including phenoxy) is 3. The molecule has 3 aromatic rings. The van der Waals surface area contributed by atoms with E-state index in [0.29, 0.717) is 54.6 Å². The van der Waals surface area contributed by atoms with E-state index in [4.69, 9.17) is 25.8 Å². The Bertz CT molecular complexity index is 1250. The molecule has 0 atom stereocenters. The summed E-state index contributed by atoms with van der Waals surface area (Å²) in [7, 11) is 1.51. The van der Waals surface area contributed by atoms with Crippen LogP contribution in [0.3, 0.4) is 0 Å². The topological polar surface area (TPSA) is 98.3 Å². The average Bonchev–Trinajstić information content (AvgIpc) is 2.85. The Morgan fingerprint density at radius 1 is 1.00 bits per heavy atom. The molecule has 0 aliphatic carbocycles. The molecular weight excluding hydrogens is 618 g/mol. The van der Waals surface area contributed by atoms with E-state index in [1.54, 1.807) is 54.6 Å². The number of halogens is 3. The van der Waals surface area contributed by atoms with E-state index < -0.39 is 5.91 Å². The molecule has 3 aromatic carbocycles. The van der Waals surface area contributed by atoms with Gasteiger partial charge in [-0.2, -0.15) is 5.10 Å². The van der Waals surface area contributed by atoms with E-state index in [1.807, 2.05) is 6.92 Å². The number of rotatable bonds is 10. The van der Waals surface area contributed by atoms with Gasteiger partial charge in [-0.25, -0.2) is 5.43 Å². The number of nitrogens with one attached hydrogen (secondary N) is 2. The first-order chi connectivity index (χ1) is 17.3. The summed E-state index contributed by atoms with van der Waals surface area (Å²) in [6, 6.07) is 15.1. The molecule has 8 nitrogen and oxygen atoms in total. The van der Waals surface area contributed by atoms with Crippen LogP contribution in [0.25, 0.3) is 0 Å². The Balaban J connectivity index is 1.59. The molecule has 188 valence electrons. The van der Waals surface area contributed by atoms with Crippen LogP contribution in [-0.4, -0.2) is 38.4 Å². The summed E-state index contributed by atoms with van der Waals surface area (Å²) in [5.74, 6) is 0.731. The number of nitrogens with zero attached hydrogens (tertiary/aromatic N) is 1. The van der Waals surface area contributed by atoms with Crippen molar-refractivity contribution >= 4 is 67.2 Å². The van der Waals surface area contributed by atoms with Crippen LogP contribution in [0.5, 0.6) is 17.2 Å². The van der Waals surface area contributed by atoms with Crippen LogP contribution in [-0.2, 0) is 4.79 Å². The number of carbonyl (C=O) groups is 2. The molecule has 0 spiro atoms. The van der Waals surface area contributed by atoms with Crippen molar-refractivity contribution < 1.29 is 23.8 Å². The van der Waals surface area contributed by atoms with Gasteiger partial charge in [0.15, 0.2) is 18.1 Å². The number of hydrazone groups is 1. The number of benzene rings is 3. The highest BCUT2D eigenvalue weighted by Gasteiger charge is 2.13. The van der Waals surface area contributed by atoms with Crippen molar-refractivity contribution in [3.8, 4) is 17.2 Å². The van der Waals surface area contributed by atoms with Gasteiger partial charge in [0.1, 0.15) is 5.75 Å². The molecule has 0 aliphatic rings.